The van der Waals surface area contributed by atoms with E-state index in [-0.39, 0.29) is 17.2 Å². The third kappa shape index (κ3) is 4.42. The largest absolute Gasteiger partial charge is 0.378 e. The molecule has 142 valence electrons. The molecule has 27 heavy (non-hydrogen) atoms. The second-order valence-electron chi connectivity index (χ2n) is 6.18. The standard InChI is InChI=1S/C18H20N4O5/c19-13-15(18(23)21-5-9-27-10-6-21)11-14-1-2-16(17(12-14)22(24)25)20-3-7-26-8-4-20/h1-2,11-12H,3-10H2. The number of carbonyl (C=O) groups is 1. The van der Waals surface area contributed by atoms with Crippen molar-refractivity contribution in [2.45, 2.75) is 0 Å². The summed E-state index contributed by atoms with van der Waals surface area (Å²) in [5, 5.41) is 20.9. The molecular formula is C18H20N4O5. The molecule has 2 fully saturated rings. The fourth-order valence-electron chi connectivity index (χ4n) is 3.09. The number of carbonyl (C=O) groups excluding carboxylic acids is 1. The van der Waals surface area contributed by atoms with Gasteiger partial charge in [0.15, 0.2) is 0 Å². The predicted octanol–water partition coefficient (Wildman–Crippen LogP) is 1.20. The molecule has 1 amide bonds. The lowest BCUT2D eigenvalue weighted by Gasteiger charge is -2.28. The van der Waals surface area contributed by atoms with Crippen molar-refractivity contribution < 1.29 is 19.2 Å². The summed E-state index contributed by atoms with van der Waals surface area (Å²) < 4.78 is 10.5. The maximum absolute atomic E-state index is 12.5. The number of nitro benzene ring substituents is 1. The molecular weight excluding hydrogens is 352 g/mol. The molecule has 1 aromatic rings. The molecule has 9 heteroatoms. The van der Waals surface area contributed by atoms with Gasteiger partial charge in [-0.05, 0) is 17.7 Å². The fourth-order valence-corrected chi connectivity index (χ4v) is 3.09. The molecule has 0 unspecified atom stereocenters. The van der Waals surface area contributed by atoms with Crippen molar-refractivity contribution in [3.05, 3.63) is 39.4 Å². The number of amides is 1. The number of anilines is 1. The number of benzene rings is 1. The Kier molecular flexibility index (Phi) is 6.01. The van der Waals surface area contributed by atoms with E-state index < -0.39 is 4.92 Å². The van der Waals surface area contributed by atoms with Crippen molar-refractivity contribution in [2.75, 3.05) is 57.5 Å². The number of rotatable bonds is 4. The third-order valence-electron chi connectivity index (χ3n) is 4.51. The van der Waals surface area contributed by atoms with Gasteiger partial charge in [-0.15, -0.1) is 0 Å². The zero-order valence-electron chi connectivity index (χ0n) is 14.8. The van der Waals surface area contributed by atoms with Gasteiger partial charge in [-0.3, -0.25) is 14.9 Å². The Morgan fingerprint density at radius 3 is 2.37 bits per heavy atom. The Hall–Kier alpha value is -2.96. The number of hydrogen-bond donors (Lipinski definition) is 0. The van der Waals surface area contributed by atoms with Gasteiger partial charge in [0.1, 0.15) is 17.3 Å². The minimum atomic E-state index is -0.446. The Morgan fingerprint density at radius 1 is 1.15 bits per heavy atom. The first-order valence-electron chi connectivity index (χ1n) is 8.70. The van der Waals surface area contributed by atoms with Crippen molar-refractivity contribution in [3.8, 4) is 6.07 Å². The number of morpholine rings is 2. The van der Waals surface area contributed by atoms with Gasteiger partial charge in [-0.1, -0.05) is 6.07 Å². The van der Waals surface area contributed by atoms with Gasteiger partial charge in [0.2, 0.25) is 0 Å². The normalized spacial score (nSPS) is 18.1. The number of nitriles is 1. The van der Waals surface area contributed by atoms with Gasteiger partial charge >= 0.3 is 0 Å². The van der Waals surface area contributed by atoms with Gasteiger partial charge in [0.25, 0.3) is 11.6 Å². The predicted molar refractivity (Wildman–Crippen MR) is 97.1 cm³/mol. The fraction of sp³-hybridized carbons (Fsp3) is 0.444. The van der Waals surface area contributed by atoms with E-state index in [0.29, 0.717) is 63.9 Å². The molecule has 0 atom stereocenters. The summed E-state index contributed by atoms with van der Waals surface area (Å²) in [5.74, 6) is -0.388. The van der Waals surface area contributed by atoms with E-state index in [2.05, 4.69) is 0 Å². The molecule has 2 heterocycles. The van der Waals surface area contributed by atoms with E-state index in [1.54, 1.807) is 17.0 Å². The van der Waals surface area contributed by atoms with Gasteiger partial charge < -0.3 is 19.3 Å². The molecule has 9 nitrogen and oxygen atoms in total. The molecule has 0 bridgehead atoms. The van der Waals surface area contributed by atoms with Crippen LogP contribution in [0.2, 0.25) is 0 Å². The monoisotopic (exact) mass is 372 g/mol. The molecule has 0 radical (unpaired) electrons. The highest BCUT2D eigenvalue weighted by molar-refractivity contribution is 6.01. The lowest BCUT2D eigenvalue weighted by Crippen LogP contribution is -2.41. The molecule has 0 N–H and O–H groups in total. The summed E-state index contributed by atoms with van der Waals surface area (Å²) in [6, 6.07) is 6.64. The molecule has 0 aliphatic carbocycles. The van der Waals surface area contributed by atoms with Crippen LogP contribution in [0.15, 0.2) is 23.8 Å². The summed E-state index contributed by atoms with van der Waals surface area (Å²) in [5.41, 5.74) is 0.849. The molecule has 0 saturated carbocycles. The number of nitro groups is 1. The van der Waals surface area contributed by atoms with Crippen molar-refractivity contribution in [1.82, 2.24) is 4.90 Å². The lowest BCUT2D eigenvalue weighted by molar-refractivity contribution is -0.384. The average Bonchev–Trinajstić information content (AvgIpc) is 2.72. The quantitative estimate of drug-likeness (QED) is 0.338. The van der Waals surface area contributed by atoms with Crippen molar-refractivity contribution in [2.24, 2.45) is 0 Å². The Balaban J connectivity index is 1.87. The van der Waals surface area contributed by atoms with Crippen LogP contribution in [0.5, 0.6) is 0 Å². The molecule has 2 saturated heterocycles. The van der Waals surface area contributed by atoms with Crippen LogP contribution in [0, 0.1) is 21.4 Å². The maximum Gasteiger partial charge on any atom is 0.293 e. The van der Waals surface area contributed by atoms with Crippen LogP contribution in [0.25, 0.3) is 6.08 Å². The van der Waals surface area contributed by atoms with Crippen LogP contribution in [-0.4, -0.2) is 68.3 Å². The van der Waals surface area contributed by atoms with Crippen molar-refractivity contribution >= 4 is 23.4 Å². The van der Waals surface area contributed by atoms with Crippen LogP contribution < -0.4 is 4.90 Å². The van der Waals surface area contributed by atoms with Crippen LogP contribution in [0.1, 0.15) is 5.56 Å². The number of ether oxygens (including phenoxy) is 2. The Morgan fingerprint density at radius 2 is 1.78 bits per heavy atom. The van der Waals surface area contributed by atoms with Crippen LogP contribution in [-0.2, 0) is 14.3 Å². The van der Waals surface area contributed by atoms with Crippen molar-refractivity contribution in [1.29, 1.82) is 5.26 Å². The molecule has 0 spiro atoms. The van der Waals surface area contributed by atoms with Gasteiger partial charge in [0, 0.05) is 32.2 Å². The highest BCUT2D eigenvalue weighted by Crippen LogP contribution is 2.30. The Labute approximate surface area is 156 Å². The van der Waals surface area contributed by atoms with Gasteiger partial charge in [0.05, 0.1) is 31.4 Å². The summed E-state index contributed by atoms with van der Waals surface area (Å²) >= 11 is 0. The summed E-state index contributed by atoms with van der Waals surface area (Å²) in [7, 11) is 0. The Bertz CT molecular complexity index is 789. The number of nitrogens with zero attached hydrogens (tertiary/aromatic N) is 4. The first kappa shape index (κ1) is 18.8. The molecule has 1 aromatic carbocycles. The smallest absolute Gasteiger partial charge is 0.293 e. The van der Waals surface area contributed by atoms with Crippen molar-refractivity contribution in [3.63, 3.8) is 0 Å². The minimum Gasteiger partial charge on any atom is -0.378 e. The first-order valence-corrected chi connectivity index (χ1v) is 8.70. The third-order valence-corrected chi connectivity index (χ3v) is 4.51. The molecule has 2 aliphatic heterocycles. The lowest BCUT2D eigenvalue weighted by atomic mass is 10.1. The molecule has 3 rings (SSSR count). The van der Waals surface area contributed by atoms with Gasteiger partial charge in [-0.2, -0.15) is 5.26 Å². The zero-order valence-corrected chi connectivity index (χ0v) is 14.8. The number of hydrogen-bond acceptors (Lipinski definition) is 7. The molecule has 0 aromatic heterocycles. The summed E-state index contributed by atoms with van der Waals surface area (Å²) in [4.78, 5) is 27.0. The highest BCUT2D eigenvalue weighted by Gasteiger charge is 2.23. The zero-order chi connectivity index (χ0) is 19.2. The minimum absolute atomic E-state index is 0.0506. The van der Waals surface area contributed by atoms with Crippen LogP contribution in [0.4, 0.5) is 11.4 Å². The van der Waals surface area contributed by atoms with E-state index in [1.807, 2.05) is 11.0 Å². The van der Waals surface area contributed by atoms with Crippen LogP contribution in [0.3, 0.4) is 0 Å². The maximum atomic E-state index is 12.5. The van der Waals surface area contributed by atoms with E-state index >= 15 is 0 Å². The second kappa shape index (κ2) is 8.62. The van der Waals surface area contributed by atoms with E-state index in [9.17, 15) is 20.2 Å². The molecule has 2 aliphatic rings. The SMILES string of the molecule is N#CC(=Cc1ccc(N2CCOCC2)c([N+](=O)[O-])c1)C(=O)N1CCOCC1. The average molecular weight is 372 g/mol. The topological polar surface area (TPSA) is 109 Å². The van der Waals surface area contributed by atoms with E-state index in [1.165, 1.54) is 12.1 Å². The second-order valence-corrected chi connectivity index (χ2v) is 6.18. The highest BCUT2D eigenvalue weighted by atomic mass is 16.6. The first-order chi connectivity index (χ1) is 13.1. The van der Waals surface area contributed by atoms with E-state index in [4.69, 9.17) is 9.47 Å². The van der Waals surface area contributed by atoms with E-state index in [0.717, 1.165) is 0 Å². The van der Waals surface area contributed by atoms with Crippen LogP contribution >= 0.6 is 0 Å². The van der Waals surface area contributed by atoms with Gasteiger partial charge in [-0.25, -0.2) is 0 Å². The summed E-state index contributed by atoms with van der Waals surface area (Å²) in [6.45, 7) is 3.91. The summed E-state index contributed by atoms with van der Waals surface area (Å²) in [6.07, 6.45) is 1.40.